The fourth-order valence-electron chi connectivity index (χ4n) is 2.71. The number of nitrogens with zero attached hydrogens (tertiary/aromatic N) is 4. The molecule has 0 aliphatic carbocycles. The van der Waals surface area contributed by atoms with E-state index >= 15 is 0 Å². The highest BCUT2D eigenvalue weighted by Gasteiger charge is 2.16. The first-order valence-corrected chi connectivity index (χ1v) is 8.36. The molecule has 0 saturated carbocycles. The van der Waals surface area contributed by atoms with Crippen LogP contribution in [0.5, 0.6) is 0 Å². The highest BCUT2D eigenvalue weighted by molar-refractivity contribution is 7.18. The molecule has 116 valence electrons. The Morgan fingerprint density at radius 1 is 1.09 bits per heavy atom. The molecule has 0 spiro atoms. The molecule has 1 N–H and O–H groups in total. The average Bonchev–Trinajstić information content (AvgIpc) is 3.06. The normalized spacial score (nSPS) is 11.4. The van der Waals surface area contributed by atoms with Gasteiger partial charge >= 0.3 is 0 Å². The van der Waals surface area contributed by atoms with E-state index in [1.165, 1.54) is 16.0 Å². The second-order valence-electron chi connectivity index (χ2n) is 5.63. The van der Waals surface area contributed by atoms with Gasteiger partial charge in [0, 0.05) is 11.4 Å². The molecule has 0 radical (unpaired) electrons. The predicted octanol–water partition coefficient (Wildman–Crippen LogP) is 3.88. The Kier molecular flexibility index (Phi) is 3.27. The summed E-state index contributed by atoms with van der Waals surface area (Å²) < 4.78 is 1.82. The summed E-state index contributed by atoms with van der Waals surface area (Å²) in [6.07, 6.45) is 0. The van der Waals surface area contributed by atoms with Crippen LogP contribution >= 0.6 is 11.3 Å². The minimum atomic E-state index is 0.705. The van der Waals surface area contributed by atoms with Gasteiger partial charge in [0.25, 0.3) is 0 Å². The van der Waals surface area contributed by atoms with Crippen molar-refractivity contribution in [3.63, 3.8) is 0 Å². The molecule has 5 nitrogen and oxygen atoms in total. The van der Waals surface area contributed by atoms with Gasteiger partial charge in [-0.25, -0.2) is 9.97 Å². The van der Waals surface area contributed by atoms with E-state index in [0.717, 1.165) is 27.6 Å². The molecule has 0 fully saturated rings. The summed E-state index contributed by atoms with van der Waals surface area (Å²) in [4.78, 5) is 11.7. The summed E-state index contributed by atoms with van der Waals surface area (Å²) in [6.45, 7) is 6.86. The van der Waals surface area contributed by atoms with Crippen molar-refractivity contribution in [3.05, 3.63) is 52.2 Å². The Balaban J connectivity index is 1.84. The van der Waals surface area contributed by atoms with Gasteiger partial charge in [-0.2, -0.15) is 4.52 Å². The van der Waals surface area contributed by atoms with Crippen molar-refractivity contribution in [3.8, 4) is 0 Å². The lowest BCUT2D eigenvalue weighted by atomic mass is 10.2. The van der Waals surface area contributed by atoms with Crippen molar-refractivity contribution >= 4 is 33.1 Å². The van der Waals surface area contributed by atoms with Crippen LogP contribution in [0.15, 0.2) is 30.3 Å². The topological polar surface area (TPSA) is 55.1 Å². The molecular formula is C17H17N5S. The van der Waals surface area contributed by atoms with Crippen molar-refractivity contribution < 1.29 is 0 Å². The Morgan fingerprint density at radius 3 is 2.65 bits per heavy atom. The van der Waals surface area contributed by atoms with Gasteiger partial charge in [0.15, 0.2) is 5.65 Å². The minimum absolute atomic E-state index is 0.705. The first kappa shape index (κ1) is 14.1. The fourth-order valence-corrected chi connectivity index (χ4v) is 3.73. The van der Waals surface area contributed by atoms with Gasteiger partial charge in [-0.15, -0.1) is 16.4 Å². The van der Waals surface area contributed by atoms with Crippen LogP contribution in [-0.4, -0.2) is 19.6 Å². The van der Waals surface area contributed by atoms with Crippen molar-refractivity contribution in [2.75, 3.05) is 5.32 Å². The lowest BCUT2D eigenvalue weighted by molar-refractivity contribution is 0.898. The third-order valence-corrected chi connectivity index (χ3v) is 5.11. The summed E-state index contributed by atoms with van der Waals surface area (Å²) in [5.74, 6) is 1.49. The van der Waals surface area contributed by atoms with E-state index < -0.39 is 0 Å². The van der Waals surface area contributed by atoms with E-state index in [-0.39, 0.29) is 0 Å². The van der Waals surface area contributed by atoms with Crippen LogP contribution in [0.3, 0.4) is 0 Å². The Bertz CT molecular complexity index is 1000. The van der Waals surface area contributed by atoms with Crippen LogP contribution in [0.25, 0.3) is 15.9 Å². The quantitative estimate of drug-likeness (QED) is 0.622. The van der Waals surface area contributed by atoms with E-state index in [1.807, 2.05) is 29.6 Å². The number of aryl methyl sites for hydroxylation is 3. The van der Waals surface area contributed by atoms with E-state index in [4.69, 9.17) is 4.98 Å². The predicted molar refractivity (Wildman–Crippen MR) is 94.1 cm³/mol. The van der Waals surface area contributed by atoms with Crippen molar-refractivity contribution in [1.29, 1.82) is 0 Å². The molecular weight excluding hydrogens is 306 g/mol. The maximum atomic E-state index is 4.78. The molecule has 0 amide bonds. The Hall–Kier alpha value is -2.47. The summed E-state index contributed by atoms with van der Waals surface area (Å²) in [5.41, 5.74) is 3.33. The third kappa shape index (κ3) is 2.35. The number of hydrogen-bond donors (Lipinski definition) is 1. The molecule has 3 aromatic heterocycles. The lowest BCUT2D eigenvalue weighted by Gasteiger charge is -2.08. The van der Waals surface area contributed by atoms with Crippen LogP contribution in [0, 0.1) is 20.8 Å². The number of hydrogen-bond acceptors (Lipinski definition) is 5. The van der Waals surface area contributed by atoms with Gasteiger partial charge in [0.05, 0.1) is 5.39 Å². The highest BCUT2D eigenvalue weighted by Crippen LogP contribution is 2.32. The molecule has 0 bridgehead atoms. The molecule has 4 rings (SSSR count). The molecule has 0 atom stereocenters. The number of rotatable bonds is 3. The zero-order valence-corrected chi connectivity index (χ0v) is 14.1. The van der Waals surface area contributed by atoms with E-state index in [0.29, 0.717) is 6.54 Å². The van der Waals surface area contributed by atoms with E-state index in [2.05, 4.69) is 41.4 Å². The number of benzene rings is 1. The zero-order chi connectivity index (χ0) is 16.0. The number of aromatic nitrogens is 4. The Morgan fingerprint density at radius 2 is 1.87 bits per heavy atom. The van der Waals surface area contributed by atoms with Gasteiger partial charge in [-0.05, 0) is 31.9 Å². The first-order valence-electron chi connectivity index (χ1n) is 7.54. The molecule has 0 aliphatic heterocycles. The number of thiophene rings is 1. The number of fused-ring (bicyclic) bond motifs is 3. The van der Waals surface area contributed by atoms with Crippen LogP contribution in [-0.2, 0) is 6.54 Å². The number of anilines is 1. The SMILES string of the molecule is Cc1nc2c3c(C)c(C)sc3nc(NCc3ccccc3)n2n1. The standard InChI is InChI=1S/C17H17N5S/c1-10-11(2)23-16-14(10)15-19-12(3)21-22(15)17(20-16)18-9-13-7-5-4-6-8-13/h4-8H,9H2,1-3H3,(H,18,20). The largest absolute Gasteiger partial charge is 0.350 e. The molecule has 0 unspecified atom stereocenters. The molecule has 0 saturated heterocycles. The van der Waals surface area contributed by atoms with Gasteiger partial charge in [-0.3, -0.25) is 0 Å². The van der Waals surface area contributed by atoms with Gasteiger partial charge < -0.3 is 5.32 Å². The number of nitrogens with one attached hydrogen (secondary N) is 1. The van der Waals surface area contributed by atoms with Crippen molar-refractivity contribution in [1.82, 2.24) is 19.6 Å². The summed E-state index contributed by atoms with van der Waals surface area (Å²) in [6, 6.07) is 10.3. The first-order chi connectivity index (χ1) is 11.1. The Labute approximate surface area is 138 Å². The van der Waals surface area contributed by atoms with Crippen LogP contribution in [0.2, 0.25) is 0 Å². The van der Waals surface area contributed by atoms with Crippen molar-refractivity contribution in [2.45, 2.75) is 27.3 Å². The summed E-state index contributed by atoms with van der Waals surface area (Å²) in [7, 11) is 0. The van der Waals surface area contributed by atoms with Crippen LogP contribution in [0.1, 0.15) is 21.8 Å². The maximum absolute atomic E-state index is 4.78. The van der Waals surface area contributed by atoms with Crippen molar-refractivity contribution in [2.24, 2.45) is 0 Å². The second kappa shape index (κ2) is 5.31. The van der Waals surface area contributed by atoms with Crippen LogP contribution < -0.4 is 5.32 Å². The monoisotopic (exact) mass is 323 g/mol. The smallest absolute Gasteiger partial charge is 0.227 e. The van der Waals surface area contributed by atoms with Crippen LogP contribution in [0.4, 0.5) is 5.95 Å². The van der Waals surface area contributed by atoms with Gasteiger partial charge in [0.2, 0.25) is 5.95 Å². The lowest BCUT2D eigenvalue weighted by Crippen LogP contribution is -2.07. The highest BCUT2D eigenvalue weighted by atomic mass is 32.1. The third-order valence-electron chi connectivity index (χ3n) is 4.00. The average molecular weight is 323 g/mol. The second-order valence-corrected chi connectivity index (χ2v) is 6.84. The van der Waals surface area contributed by atoms with E-state index in [1.54, 1.807) is 11.3 Å². The molecule has 1 aromatic carbocycles. The molecule has 23 heavy (non-hydrogen) atoms. The molecule has 4 aromatic rings. The minimum Gasteiger partial charge on any atom is -0.350 e. The molecule has 0 aliphatic rings. The zero-order valence-electron chi connectivity index (χ0n) is 13.3. The van der Waals surface area contributed by atoms with Gasteiger partial charge in [-0.1, -0.05) is 30.3 Å². The molecule has 6 heteroatoms. The molecule has 3 heterocycles. The summed E-state index contributed by atoms with van der Waals surface area (Å²) in [5, 5.41) is 9.01. The van der Waals surface area contributed by atoms with E-state index in [9.17, 15) is 0 Å². The summed E-state index contributed by atoms with van der Waals surface area (Å²) >= 11 is 1.71. The maximum Gasteiger partial charge on any atom is 0.227 e. The van der Waals surface area contributed by atoms with Gasteiger partial charge in [0.1, 0.15) is 10.7 Å². The fraction of sp³-hybridized carbons (Fsp3) is 0.235.